The van der Waals surface area contributed by atoms with Crippen LogP contribution >= 0.6 is 0 Å². The zero-order chi connectivity index (χ0) is 15.0. The zero-order valence-electron chi connectivity index (χ0n) is 12.1. The van der Waals surface area contributed by atoms with Crippen molar-refractivity contribution in [2.45, 2.75) is 26.4 Å². The molecule has 2 aromatic carbocycles. The Labute approximate surface area is 122 Å². The summed E-state index contributed by atoms with van der Waals surface area (Å²) in [5, 5.41) is 11.0. The Morgan fingerprint density at radius 1 is 1.05 bits per heavy atom. The molecule has 2 nitrogen and oxygen atoms in total. The van der Waals surface area contributed by atoms with Gasteiger partial charge in [0.2, 0.25) is 0 Å². The first-order valence-corrected chi connectivity index (χ1v) is 6.95. The molecule has 108 valence electrons. The van der Waals surface area contributed by atoms with Gasteiger partial charge in [-0.1, -0.05) is 29.3 Å². The van der Waals surface area contributed by atoms with Gasteiger partial charge >= 0.3 is 0 Å². The average molecular weight is 284 g/mol. The first-order valence-electron chi connectivity index (χ1n) is 6.95. The van der Waals surface area contributed by atoms with Crippen LogP contribution in [0.15, 0.2) is 46.9 Å². The Morgan fingerprint density at radius 3 is 2.48 bits per heavy atom. The van der Waals surface area contributed by atoms with E-state index in [1.165, 1.54) is 23.3 Å². The maximum Gasteiger partial charge on any atom is 0.134 e. The van der Waals surface area contributed by atoms with Crippen molar-refractivity contribution < 1.29 is 13.9 Å². The van der Waals surface area contributed by atoms with E-state index in [-0.39, 0.29) is 5.82 Å². The lowest BCUT2D eigenvalue weighted by molar-refractivity contribution is 0.152. The van der Waals surface area contributed by atoms with Crippen LogP contribution in [0.2, 0.25) is 0 Å². The maximum absolute atomic E-state index is 13.2. The molecule has 1 aromatic heterocycles. The molecule has 1 N–H and O–H groups in total. The van der Waals surface area contributed by atoms with Crippen LogP contribution in [0.25, 0.3) is 11.0 Å². The summed E-state index contributed by atoms with van der Waals surface area (Å²) in [5.41, 5.74) is 3.99. The molecule has 3 heteroatoms. The van der Waals surface area contributed by atoms with Crippen molar-refractivity contribution in [3.8, 4) is 0 Å². The van der Waals surface area contributed by atoms with Crippen molar-refractivity contribution in [1.82, 2.24) is 0 Å². The second-order valence-corrected chi connectivity index (χ2v) is 5.55. The lowest BCUT2D eigenvalue weighted by Crippen LogP contribution is -2.01. The largest absolute Gasteiger partial charge is 0.458 e. The van der Waals surface area contributed by atoms with E-state index in [4.69, 9.17) is 4.42 Å². The number of rotatable bonds is 3. The third-order valence-electron chi connectivity index (χ3n) is 3.54. The van der Waals surface area contributed by atoms with Gasteiger partial charge in [0.15, 0.2) is 0 Å². The Morgan fingerprint density at radius 2 is 1.76 bits per heavy atom. The molecule has 1 unspecified atom stereocenters. The smallest absolute Gasteiger partial charge is 0.134 e. The number of furan rings is 1. The monoisotopic (exact) mass is 284 g/mol. The van der Waals surface area contributed by atoms with Gasteiger partial charge in [-0.15, -0.1) is 0 Å². The maximum atomic E-state index is 13.2. The van der Waals surface area contributed by atoms with E-state index < -0.39 is 6.10 Å². The summed E-state index contributed by atoms with van der Waals surface area (Å²) in [6.45, 7) is 4.07. The fraction of sp³-hybridized carbons (Fsp3) is 0.222. The van der Waals surface area contributed by atoms with Crippen molar-refractivity contribution in [2.75, 3.05) is 0 Å². The Kier molecular flexibility index (Phi) is 3.52. The molecule has 3 rings (SSSR count). The van der Waals surface area contributed by atoms with Gasteiger partial charge in [0.1, 0.15) is 23.3 Å². The van der Waals surface area contributed by atoms with E-state index in [0.29, 0.717) is 23.2 Å². The molecule has 21 heavy (non-hydrogen) atoms. The first-order chi connectivity index (χ1) is 10.0. The van der Waals surface area contributed by atoms with E-state index in [2.05, 4.69) is 18.2 Å². The highest BCUT2D eigenvalue weighted by Crippen LogP contribution is 2.27. The van der Waals surface area contributed by atoms with Gasteiger partial charge in [0, 0.05) is 11.8 Å². The van der Waals surface area contributed by atoms with Crippen LogP contribution in [0, 0.1) is 19.7 Å². The number of aliphatic hydroxyl groups excluding tert-OH is 1. The van der Waals surface area contributed by atoms with E-state index in [0.717, 1.165) is 5.56 Å². The van der Waals surface area contributed by atoms with Crippen LogP contribution < -0.4 is 0 Å². The standard InChI is InChI=1S/C18H17FO2/c1-11-5-12(2)7-13(6-11)8-16(20)18-10-14-9-15(19)3-4-17(14)21-18/h3-7,9-10,16,20H,8H2,1-2H3. The number of halogens is 1. The normalized spacial score (nSPS) is 12.8. The lowest BCUT2D eigenvalue weighted by Gasteiger charge is -2.09. The minimum absolute atomic E-state index is 0.307. The van der Waals surface area contributed by atoms with Gasteiger partial charge in [-0.3, -0.25) is 0 Å². The molecular weight excluding hydrogens is 267 g/mol. The fourth-order valence-electron chi connectivity index (χ4n) is 2.71. The summed E-state index contributed by atoms with van der Waals surface area (Å²) in [6, 6.07) is 12.2. The highest BCUT2D eigenvalue weighted by Gasteiger charge is 2.15. The molecule has 0 saturated carbocycles. The molecule has 0 fully saturated rings. The van der Waals surface area contributed by atoms with Crippen LogP contribution in [0.1, 0.15) is 28.6 Å². The van der Waals surface area contributed by atoms with Crippen molar-refractivity contribution in [1.29, 1.82) is 0 Å². The highest BCUT2D eigenvalue weighted by molar-refractivity contribution is 5.77. The van der Waals surface area contributed by atoms with E-state index >= 15 is 0 Å². The number of aliphatic hydroxyl groups is 1. The topological polar surface area (TPSA) is 33.4 Å². The van der Waals surface area contributed by atoms with Gasteiger partial charge in [0.25, 0.3) is 0 Å². The molecule has 1 heterocycles. The quantitative estimate of drug-likeness (QED) is 0.770. The van der Waals surface area contributed by atoms with Crippen LogP contribution in [0.4, 0.5) is 4.39 Å². The van der Waals surface area contributed by atoms with Gasteiger partial charge < -0.3 is 9.52 Å². The van der Waals surface area contributed by atoms with Crippen LogP contribution in [-0.4, -0.2) is 5.11 Å². The van der Waals surface area contributed by atoms with Crippen LogP contribution in [0.3, 0.4) is 0 Å². The summed E-state index contributed by atoms with van der Waals surface area (Å²) in [4.78, 5) is 0. The van der Waals surface area contributed by atoms with Crippen molar-refractivity contribution in [2.24, 2.45) is 0 Å². The summed E-state index contributed by atoms with van der Waals surface area (Å²) < 4.78 is 18.8. The summed E-state index contributed by atoms with van der Waals surface area (Å²) in [6.07, 6.45) is -0.258. The SMILES string of the molecule is Cc1cc(C)cc(CC(O)c2cc3cc(F)ccc3o2)c1. The van der Waals surface area contributed by atoms with E-state index in [1.54, 1.807) is 12.1 Å². The number of hydrogen-bond acceptors (Lipinski definition) is 2. The van der Waals surface area contributed by atoms with Gasteiger partial charge in [-0.05, 0) is 43.7 Å². The molecule has 1 atom stereocenters. The number of fused-ring (bicyclic) bond motifs is 1. The molecule has 0 bridgehead atoms. The molecule has 0 spiro atoms. The van der Waals surface area contributed by atoms with Crippen molar-refractivity contribution in [3.05, 3.63) is 70.7 Å². The molecule has 0 radical (unpaired) electrons. The molecular formula is C18H17FO2. The van der Waals surface area contributed by atoms with Gasteiger partial charge in [-0.2, -0.15) is 0 Å². The molecule has 0 saturated heterocycles. The first kappa shape index (κ1) is 13.8. The van der Waals surface area contributed by atoms with Crippen LogP contribution in [-0.2, 0) is 6.42 Å². The van der Waals surface area contributed by atoms with E-state index in [9.17, 15) is 9.50 Å². The third-order valence-corrected chi connectivity index (χ3v) is 3.54. The van der Waals surface area contributed by atoms with E-state index in [1.807, 2.05) is 13.8 Å². The second kappa shape index (κ2) is 5.34. The molecule has 0 amide bonds. The predicted octanol–water partition coefficient (Wildman–Crippen LogP) is 4.46. The second-order valence-electron chi connectivity index (χ2n) is 5.55. The molecule has 3 aromatic rings. The predicted molar refractivity (Wildman–Crippen MR) is 80.8 cm³/mol. The molecule has 0 aliphatic carbocycles. The fourth-order valence-corrected chi connectivity index (χ4v) is 2.71. The summed E-state index contributed by atoms with van der Waals surface area (Å²) in [7, 11) is 0. The third kappa shape index (κ3) is 2.98. The Balaban J connectivity index is 1.87. The lowest BCUT2D eigenvalue weighted by atomic mass is 10.0. The molecule has 0 aliphatic heterocycles. The minimum Gasteiger partial charge on any atom is -0.458 e. The number of benzene rings is 2. The Bertz CT molecular complexity index is 769. The van der Waals surface area contributed by atoms with Crippen molar-refractivity contribution >= 4 is 11.0 Å². The Hall–Kier alpha value is -2.13. The minimum atomic E-state index is -0.735. The summed E-state index contributed by atoms with van der Waals surface area (Å²) in [5.74, 6) is 0.161. The van der Waals surface area contributed by atoms with Gasteiger partial charge in [-0.25, -0.2) is 4.39 Å². The summed E-state index contributed by atoms with van der Waals surface area (Å²) >= 11 is 0. The van der Waals surface area contributed by atoms with Crippen LogP contribution in [0.5, 0.6) is 0 Å². The highest BCUT2D eigenvalue weighted by atomic mass is 19.1. The average Bonchev–Trinajstić information content (AvgIpc) is 2.80. The van der Waals surface area contributed by atoms with Crippen molar-refractivity contribution in [3.63, 3.8) is 0 Å². The van der Waals surface area contributed by atoms with Gasteiger partial charge in [0.05, 0.1) is 0 Å². The number of hydrogen-bond donors (Lipinski definition) is 1. The zero-order valence-corrected chi connectivity index (χ0v) is 12.1. The number of aryl methyl sites for hydroxylation is 2. The molecule has 0 aliphatic rings.